The van der Waals surface area contributed by atoms with E-state index in [4.69, 9.17) is 14.6 Å². The second-order valence-corrected chi connectivity index (χ2v) is 10.3. The molecule has 0 fully saturated rings. The lowest BCUT2D eigenvalue weighted by Crippen LogP contribution is -2.38. The fraction of sp³-hybridized carbons (Fsp3) is 0.235. The van der Waals surface area contributed by atoms with Crippen molar-refractivity contribution >= 4 is 27.9 Å². The Morgan fingerprint density at radius 2 is 1.65 bits per heavy atom. The number of oxime groups is 1. The second kappa shape index (κ2) is 11.9. The molecule has 2 unspecified atom stereocenters. The third-order valence-corrected chi connectivity index (χ3v) is 7.45. The first-order chi connectivity index (χ1) is 19.4. The highest BCUT2D eigenvalue weighted by atomic mass is 16.6. The molecule has 6 heteroatoms. The number of aliphatic hydroxyl groups is 1. The van der Waals surface area contributed by atoms with Crippen molar-refractivity contribution in [3.8, 4) is 5.88 Å². The highest BCUT2D eigenvalue weighted by molar-refractivity contribution is 5.90. The third kappa shape index (κ3) is 5.41. The highest BCUT2D eigenvalue weighted by Crippen LogP contribution is 2.48. The van der Waals surface area contributed by atoms with Gasteiger partial charge in [0.05, 0.1) is 18.8 Å². The van der Waals surface area contributed by atoms with Gasteiger partial charge in [0.2, 0.25) is 5.88 Å². The van der Waals surface area contributed by atoms with E-state index in [1.165, 1.54) is 7.11 Å². The maximum absolute atomic E-state index is 13.1. The van der Waals surface area contributed by atoms with E-state index in [0.717, 1.165) is 43.9 Å². The van der Waals surface area contributed by atoms with Gasteiger partial charge < -0.3 is 19.6 Å². The van der Waals surface area contributed by atoms with Crippen molar-refractivity contribution in [2.45, 2.75) is 17.9 Å². The van der Waals surface area contributed by atoms with Crippen LogP contribution < -0.4 is 4.74 Å². The Balaban J connectivity index is 1.81. The van der Waals surface area contributed by atoms with Gasteiger partial charge in [0.25, 0.3) is 0 Å². The number of hydrogen-bond donors (Lipinski definition) is 1. The number of ether oxygens (including phenoxy) is 1. The Kier molecular flexibility index (Phi) is 8.10. The summed E-state index contributed by atoms with van der Waals surface area (Å²) in [5, 5.41) is 20.1. The topological polar surface area (TPSA) is 67.2 Å². The van der Waals surface area contributed by atoms with Crippen molar-refractivity contribution in [2.24, 2.45) is 5.16 Å². The molecule has 1 N–H and O–H groups in total. The van der Waals surface area contributed by atoms with Gasteiger partial charge in [-0.3, -0.25) is 0 Å². The molecule has 0 saturated carbocycles. The lowest BCUT2D eigenvalue weighted by Gasteiger charge is -2.39. The predicted octanol–water partition coefficient (Wildman–Crippen LogP) is 6.35. The monoisotopic (exact) mass is 533 g/mol. The van der Waals surface area contributed by atoms with Crippen molar-refractivity contribution in [3.63, 3.8) is 0 Å². The summed E-state index contributed by atoms with van der Waals surface area (Å²) >= 11 is 0. The molecule has 5 aromatic rings. The van der Waals surface area contributed by atoms with Gasteiger partial charge in [-0.1, -0.05) is 84.0 Å². The molecule has 0 aliphatic heterocycles. The number of nitrogens with zero attached hydrogens (tertiary/aromatic N) is 3. The SMILES string of the molecule is CO/N=C/c1ccc2nc(OC)c(C(c3ccccc3)C(O)(CCN(C)C)c3cccc4ccccc34)cc2c1. The quantitative estimate of drug-likeness (QED) is 0.167. The lowest BCUT2D eigenvalue weighted by atomic mass is 9.70. The van der Waals surface area contributed by atoms with Crippen LogP contribution in [-0.2, 0) is 10.4 Å². The van der Waals surface area contributed by atoms with Gasteiger partial charge in [-0.15, -0.1) is 0 Å². The standard InChI is InChI=1S/C34H35N3O3/c1-37(2)20-19-34(38,30-16-10-14-25-11-8-9-15-28(25)30)32(26-12-6-5-7-13-26)29-22-27-21-24(23-35-40-4)17-18-31(27)36-33(29)39-3/h5-18,21-23,32,38H,19-20H2,1-4H3/b35-23+. The van der Waals surface area contributed by atoms with Crippen LogP contribution in [-0.4, -0.2) is 56.1 Å². The van der Waals surface area contributed by atoms with Gasteiger partial charge in [0, 0.05) is 23.4 Å². The van der Waals surface area contributed by atoms with E-state index in [1.807, 2.05) is 74.8 Å². The molecule has 0 radical (unpaired) electrons. The third-order valence-electron chi connectivity index (χ3n) is 7.45. The molecule has 1 aromatic heterocycles. The number of rotatable bonds is 10. The highest BCUT2D eigenvalue weighted by Gasteiger charge is 2.43. The molecule has 4 aromatic carbocycles. The van der Waals surface area contributed by atoms with E-state index in [2.05, 4.69) is 46.5 Å². The smallest absolute Gasteiger partial charge is 0.217 e. The molecule has 0 bridgehead atoms. The summed E-state index contributed by atoms with van der Waals surface area (Å²) in [5.41, 5.74) is 3.07. The van der Waals surface area contributed by atoms with Crippen LogP contribution in [0.15, 0.2) is 102 Å². The van der Waals surface area contributed by atoms with Crippen molar-refractivity contribution in [3.05, 3.63) is 119 Å². The average Bonchev–Trinajstić information content (AvgIpc) is 2.99. The van der Waals surface area contributed by atoms with Gasteiger partial charge in [0.1, 0.15) is 12.7 Å². The number of methoxy groups -OCH3 is 1. The van der Waals surface area contributed by atoms with Gasteiger partial charge in [-0.25, -0.2) is 4.98 Å². The van der Waals surface area contributed by atoms with E-state index in [9.17, 15) is 5.11 Å². The lowest BCUT2D eigenvalue weighted by molar-refractivity contribution is 0.00520. The molecular weight excluding hydrogens is 498 g/mol. The van der Waals surface area contributed by atoms with Crippen LogP contribution in [0.1, 0.15) is 34.6 Å². The van der Waals surface area contributed by atoms with E-state index in [1.54, 1.807) is 13.3 Å². The molecular formula is C34H35N3O3. The molecule has 204 valence electrons. The zero-order chi connectivity index (χ0) is 28.1. The molecule has 5 rings (SSSR count). The average molecular weight is 534 g/mol. The van der Waals surface area contributed by atoms with Crippen LogP contribution in [0.2, 0.25) is 0 Å². The van der Waals surface area contributed by atoms with E-state index < -0.39 is 11.5 Å². The van der Waals surface area contributed by atoms with Crippen molar-refractivity contribution in [1.82, 2.24) is 9.88 Å². The molecule has 0 aliphatic rings. The van der Waals surface area contributed by atoms with Crippen molar-refractivity contribution in [2.75, 3.05) is 34.9 Å². The maximum atomic E-state index is 13.1. The maximum Gasteiger partial charge on any atom is 0.217 e. The summed E-state index contributed by atoms with van der Waals surface area (Å²) in [6.45, 7) is 0.685. The largest absolute Gasteiger partial charge is 0.481 e. The zero-order valence-corrected chi connectivity index (χ0v) is 23.4. The number of hydrogen-bond acceptors (Lipinski definition) is 6. The summed E-state index contributed by atoms with van der Waals surface area (Å²) in [5.74, 6) is 0.0192. The minimum atomic E-state index is -1.29. The fourth-order valence-electron chi connectivity index (χ4n) is 5.55. The number of fused-ring (bicyclic) bond motifs is 2. The first-order valence-corrected chi connectivity index (χ1v) is 13.4. The Labute approximate surface area is 235 Å². The van der Waals surface area contributed by atoms with Gasteiger partial charge in [-0.2, -0.15) is 0 Å². The minimum absolute atomic E-state index is 0.470. The van der Waals surface area contributed by atoms with Crippen LogP contribution in [0.4, 0.5) is 0 Å². The predicted molar refractivity (Wildman–Crippen MR) is 162 cm³/mol. The summed E-state index contributed by atoms with van der Waals surface area (Å²) in [4.78, 5) is 11.9. The van der Waals surface area contributed by atoms with E-state index >= 15 is 0 Å². The molecule has 6 nitrogen and oxygen atoms in total. The number of aromatic nitrogens is 1. The van der Waals surface area contributed by atoms with Crippen molar-refractivity contribution < 1.29 is 14.7 Å². The van der Waals surface area contributed by atoms with Gasteiger partial charge in [0.15, 0.2) is 0 Å². The van der Waals surface area contributed by atoms with Crippen LogP contribution in [0.3, 0.4) is 0 Å². The molecule has 1 heterocycles. The number of pyridine rings is 1. The molecule has 2 atom stereocenters. The van der Waals surface area contributed by atoms with Crippen LogP contribution in [0, 0.1) is 0 Å². The van der Waals surface area contributed by atoms with Gasteiger partial charge in [-0.05, 0) is 66.2 Å². The minimum Gasteiger partial charge on any atom is -0.481 e. The Hall–Kier alpha value is -4.26. The van der Waals surface area contributed by atoms with Gasteiger partial charge >= 0.3 is 0 Å². The van der Waals surface area contributed by atoms with Crippen LogP contribution >= 0.6 is 0 Å². The molecule has 0 saturated heterocycles. The van der Waals surface area contributed by atoms with E-state index in [0.29, 0.717) is 18.8 Å². The first-order valence-electron chi connectivity index (χ1n) is 13.4. The Morgan fingerprint density at radius 1 is 0.900 bits per heavy atom. The van der Waals surface area contributed by atoms with Crippen LogP contribution in [0.5, 0.6) is 5.88 Å². The first kappa shape index (κ1) is 27.3. The van der Waals surface area contributed by atoms with Crippen molar-refractivity contribution in [1.29, 1.82) is 0 Å². The molecule has 0 spiro atoms. The normalized spacial score (nSPS) is 14.1. The summed E-state index contributed by atoms with van der Waals surface area (Å²) < 4.78 is 5.92. The Bertz CT molecular complexity index is 1630. The zero-order valence-electron chi connectivity index (χ0n) is 23.4. The summed E-state index contributed by atoms with van der Waals surface area (Å²) in [6.07, 6.45) is 2.16. The second-order valence-electron chi connectivity index (χ2n) is 10.3. The molecule has 0 amide bonds. The van der Waals surface area contributed by atoms with Crippen LogP contribution in [0.25, 0.3) is 21.7 Å². The summed E-state index contributed by atoms with van der Waals surface area (Å²) in [7, 11) is 7.22. The number of benzene rings is 4. The molecule has 40 heavy (non-hydrogen) atoms. The Morgan fingerprint density at radius 3 is 2.40 bits per heavy atom. The fourth-order valence-corrected chi connectivity index (χ4v) is 5.55. The van der Waals surface area contributed by atoms with E-state index in [-0.39, 0.29) is 0 Å². The summed E-state index contributed by atoms with van der Waals surface area (Å²) in [6, 6.07) is 32.5. The molecule has 0 aliphatic carbocycles.